The minimum atomic E-state index is -4.44. The Kier molecular flexibility index (Phi) is 3.35. The van der Waals surface area contributed by atoms with E-state index in [4.69, 9.17) is 11.6 Å². The maximum Gasteiger partial charge on any atom is 0.412 e. The highest BCUT2D eigenvalue weighted by atomic mass is 35.5. The first-order chi connectivity index (χ1) is 4.81. The molecule has 11 heavy (non-hydrogen) atoms. The fourth-order valence-corrected chi connectivity index (χ4v) is 0.405. The van der Waals surface area contributed by atoms with Crippen LogP contribution in [-0.4, -0.2) is 23.8 Å². The average molecular weight is 188 g/mol. The van der Waals surface area contributed by atoms with Gasteiger partial charge >= 0.3 is 6.18 Å². The van der Waals surface area contributed by atoms with Gasteiger partial charge in [0.2, 0.25) is 0 Å². The molecule has 66 valence electrons. The Morgan fingerprint density at radius 3 is 2.18 bits per heavy atom. The molecule has 1 nitrogen and oxygen atoms in total. The van der Waals surface area contributed by atoms with Crippen LogP contribution in [0.2, 0.25) is 0 Å². The van der Waals surface area contributed by atoms with Crippen molar-refractivity contribution in [1.82, 2.24) is 0 Å². The highest BCUT2D eigenvalue weighted by Crippen LogP contribution is 2.34. The third kappa shape index (κ3) is 3.10. The first-order valence-electron chi connectivity index (χ1n) is 3.08. The van der Waals surface area contributed by atoms with E-state index >= 15 is 0 Å². The third-order valence-electron chi connectivity index (χ3n) is 1.07. The number of hydrogen-bond acceptors (Lipinski definition) is 1. The van der Waals surface area contributed by atoms with Gasteiger partial charge in [-0.25, -0.2) is 0 Å². The van der Waals surface area contributed by atoms with Gasteiger partial charge in [0.25, 0.3) is 0 Å². The Hall–Kier alpha value is -0.250. The van der Waals surface area contributed by atoms with Crippen LogP contribution in [0, 0.1) is 0 Å². The number of nitrogens with zero attached hydrogens (tertiary/aromatic N) is 1. The zero-order valence-corrected chi connectivity index (χ0v) is 7.00. The normalized spacial score (nSPS) is 18.7. The summed E-state index contributed by atoms with van der Waals surface area (Å²) in [6.07, 6.45) is -3.72. The Morgan fingerprint density at radius 2 is 1.91 bits per heavy atom. The van der Waals surface area contributed by atoms with Gasteiger partial charge in [0, 0.05) is 12.8 Å². The molecule has 0 aromatic carbocycles. The van der Waals surface area contributed by atoms with Crippen molar-refractivity contribution in [3.63, 3.8) is 0 Å². The third-order valence-corrected chi connectivity index (χ3v) is 1.38. The number of halogens is 4. The Balaban J connectivity index is 4.34. The predicted octanol–water partition coefficient (Wildman–Crippen LogP) is 2.64. The summed E-state index contributed by atoms with van der Waals surface area (Å²) in [6.45, 7) is 2.81. The van der Waals surface area contributed by atoms with Gasteiger partial charge in [-0.05, 0) is 13.8 Å². The molecule has 0 saturated heterocycles. The molecule has 0 fully saturated rings. The molecule has 0 aliphatic carbocycles. The van der Waals surface area contributed by atoms with Crippen LogP contribution < -0.4 is 0 Å². The quantitative estimate of drug-likeness (QED) is 0.466. The molecular formula is C6H9ClF3N. The average Bonchev–Trinajstić information content (AvgIpc) is 1.81. The van der Waals surface area contributed by atoms with E-state index in [0.29, 0.717) is 12.8 Å². The molecule has 1 unspecified atom stereocenters. The maximum absolute atomic E-state index is 11.9. The molecule has 5 heteroatoms. The fraction of sp³-hybridized carbons (Fsp3) is 0.833. The molecule has 1 atom stereocenters. The highest BCUT2D eigenvalue weighted by molar-refractivity contribution is 6.32. The lowest BCUT2D eigenvalue weighted by Gasteiger charge is -2.19. The number of alkyl halides is 4. The summed E-state index contributed by atoms with van der Waals surface area (Å²) in [5.41, 5.74) is 0. The van der Waals surface area contributed by atoms with Crippen LogP contribution in [0.4, 0.5) is 13.2 Å². The summed E-state index contributed by atoms with van der Waals surface area (Å²) in [5.74, 6) is 0. The van der Waals surface area contributed by atoms with Gasteiger partial charge in [0.15, 0.2) is 4.87 Å². The van der Waals surface area contributed by atoms with Crippen LogP contribution in [0.3, 0.4) is 0 Å². The van der Waals surface area contributed by atoms with Crippen LogP contribution in [0.25, 0.3) is 0 Å². The zero-order valence-electron chi connectivity index (χ0n) is 6.24. The van der Waals surface area contributed by atoms with Crippen LogP contribution in [-0.2, 0) is 0 Å². The van der Waals surface area contributed by atoms with E-state index in [2.05, 4.69) is 4.99 Å². The van der Waals surface area contributed by atoms with Crippen LogP contribution >= 0.6 is 11.6 Å². The summed E-state index contributed by atoms with van der Waals surface area (Å²) in [4.78, 5) is 1.10. The van der Waals surface area contributed by atoms with Crippen molar-refractivity contribution < 1.29 is 13.2 Å². The van der Waals surface area contributed by atoms with Crippen molar-refractivity contribution in [2.75, 3.05) is 6.54 Å². The molecule has 0 amide bonds. The first-order valence-corrected chi connectivity index (χ1v) is 3.45. The van der Waals surface area contributed by atoms with Gasteiger partial charge in [-0.1, -0.05) is 0 Å². The Morgan fingerprint density at radius 1 is 1.45 bits per heavy atom. The smallest absolute Gasteiger partial charge is 0.296 e. The van der Waals surface area contributed by atoms with Gasteiger partial charge in [0.1, 0.15) is 0 Å². The SMILES string of the molecule is CC/N=C\C(C)(Cl)C(F)(F)F. The molecule has 0 saturated carbocycles. The number of rotatable bonds is 2. The molecule has 0 aromatic heterocycles. The standard InChI is InChI=1S/C6H9ClF3N/c1-3-11-4-5(2,7)6(8,9)10/h4H,3H2,1-2H3/b11-4-. The second kappa shape index (κ2) is 3.43. The van der Waals surface area contributed by atoms with E-state index in [1.54, 1.807) is 6.92 Å². The molecule has 0 N–H and O–H groups in total. The lowest BCUT2D eigenvalue weighted by molar-refractivity contribution is -0.140. The number of aliphatic imine (C=N–C) groups is 1. The Labute approximate surface area is 68.3 Å². The highest BCUT2D eigenvalue weighted by Gasteiger charge is 2.48. The van der Waals surface area contributed by atoms with E-state index in [9.17, 15) is 13.2 Å². The van der Waals surface area contributed by atoms with Gasteiger partial charge in [-0.2, -0.15) is 13.2 Å². The van der Waals surface area contributed by atoms with Crippen molar-refractivity contribution in [2.45, 2.75) is 24.9 Å². The second-order valence-corrected chi connectivity index (χ2v) is 2.99. The Bertz CT molecular complexity index is 150. The predicted molar refractivity (Wildman–Crippen MR) is 39.3 cm³/mol. The van der Waals surface area contributed by atoms with Gasteiger partial charge in [-0.3, -0.25) is 4.99 Å². The number of hydrogen-bond donors (Lipinski definition) is 0. The topological polar surface area (TPSA) is 12.4 Å². The molecule has 0 bridgehead atoms. The van der Waals surface area contributed by atoms with Gasteiger partial charge in [-0.15, -0.1) is 11.6 Å². The van der Waals surface area contributed by atoms with Crippen molar-refractivity contribution >= 4 is 17.8 Å². The molecule has 0 radical (unpaired) electrons. The minimum Gasteiger partial charge on any atom is -0.296 e. The summed E-state index contributed by atoms with van der Waals surface area (Å²) in [7, 11) is 0. The molecule has 0 heterocycles. The van der Waals surface area contributed by atoms with Gasteiger partial charge in [0.05, 0.1) is 0 Å². The molecule has 0 spiro atoms. The fourth-order valence-electron chi connectivity index (χ4n) is 0.336. The first kappa shape index (κ1) is 10.8. The van der Waals surface area contributed by atoms with Gasteiger partial charge < -0.3 is 0 Å². The van der Waals surface area contributed by atoms with Crippen LogP contribution in [0.1, 0.15) is 13.8 Å². The van der Waals surface area contributed by atoms with Crippen molar-refractivity contribution in [2.24, 2.45) is 4.99 Å². The van der Waals surface area contributed by atoms with E-state index in [1.165, 1.54) is 0 Å². The molecule has 0 aromatic rings. The van der Waals surface area contributed by atoms with Crippen molar-refractivity contribution in [3.05, 3.63) is 0 Å². The molecule has 0 aliphatic heterocycles. The van der Waals surface area contributed by atoms with Crippen LogP contribution in [0.15, 0.2) is 4.99 Å². The van der Waals surface area contributed by atoms with E-state index < -0.39 is 11.1 Å². The van der Waals surface area contributed by atoms with E-state index in [0.717, 1.165) is 6.92 Å². The second-order valence-electron chi connectivity index (χ2n) is 2.20. The minimum absolute atomic E-state index is 0.304. The molecule has 0 rings (SSSR count). The van der Waals surface area contributed by atoms with Crippen molar-refractivity contribution in [3.8, 4) is 0 Å². The maximum atomic E-state index is 11.9. The monoisotopic (exact) mass is 187 g/mol. The summed E-state index contributed by atoms with van der Waals surface area (Å²) < 4.78 is 35.8. The summed E-state index contributed by atoms with van der Waals surface area (Å²) in [6, 6.07) is 0. The van der Waals surface area contributed by atoms with Crippen molar-refractivity contribution in [1.29, 1.82) is 0 Å². The summed E-state index contributed by atoms with van der Waals surface area (Å²) >= 11 is 5.12. The summed E-state index contributed by atoms with van der Waals surface area (Å²) in [5, 5.41) is 0. The lowest BCUT2D eigenvalue weighted by atomic mass is 10.2. The lowest BCUT2D eigenvalue weighted by Crippen LogP contribution is -2.38. The van der Waals surface area contributed by atoms with Crippen LogP contribution in [0.5, 0.6) is 0 Å². The zero-order chi connectivity index (χ0) is 9.12. The largest absolute Gasteiger partial charge is 0.412 e. The molecule has 0 aliphatic rings. The molecular weight excluding hydrogens is 179 g/mol. The van der Waals surface area contributed by atoms with E-state index in [-0.39, 0.29) is 0 Å². The van der Waals surface area contributed by atoms with E-state index in [1.807, 2.05) is 0 Å².